The van der Waals surface area contributed by atoms with Crippen molar-refractivity contribution in [3.63, 3.8) is 0 Å². The normalized spacial score (nSPS) is 15.5. The molecule has 1 saturated heterocycles. The van der Waals surface area contributed by atoms with E-state index >= 15 is 0 Å². The summed E-state index contributed by atoms with van der Waals surface area (Å²) in [7, 11) is 0. The minimum atomic E-state index is -4.34. The molecule has 3 rings (SSSR count). The zero-order valence-corrected chi connectivity index (χ0v) is 15.9. The van der Waals surface area contributed by atoms with Crippen molar-refractivity contribution >= 4 is 28.9 Å². The second-order valence-electron chi connectivity index (χ2n) is 6.65. The van der Waals surface area contributed by atoms with Crippen LogP contribution in [0.1, 0.15) is 12.0 Å². The lowest BCUT2D eigenvalue weighted by molar-refractivity contribution is -0.137. The van der Waals surface area contributed by atoms with Crippen molar-refractivity contribution in [3.05, 3.63) is 59.1 Å². The number of carbonyl (C=O) groups excluding carboxylic acids is 1. The minimum absolute atomic E-state index is 0.117. The first kappa shape index (κ1) is 20.5. The molecule has 0 radical (unpaired) electrons. The summed E-state index contributed by atoms with van der Waals surface area (Å²) in [4.78, 5) is 16.2. The molecule has 1 fully saturated rings. The monoisotopic (exact) mass is 411 g/mol. The number of para-hydroxylation sites is 1. The molecule has 0 saturated carbocycles. The van der Waals surface area contributed by atoms with E-state index < -0.39 is 11.7 Å². The van der Waals surface area contributed by atoms with E-state index in [1.165, 1.54) is 12.1 Å². The van der Waals surface area contributed by atoms with Crippen LogP contribution in [-0.4, -0.2) is 43.5 Å². The van der Waals surface area contributed by atoms with Crippen molar-refractivity contribution in [2.24, 2.45) is 0 Å². The maximum Gasteiger partial charge on any atom is 0.416 e. The number of hydrogen-bond donors (Lipinski definition) is 1. The molecule has 2 aromatic rings. The highest BCUT2D eigenvalue weighted by molar-refractivity contribution is 6.33. The molecular weight excluding hydrogens is 391 g/mol. The summed E-state index contributed by atoms with van der Waals surface area (Å²) < 4.78 is 38.6. The zero-order valence-electron chi connectivity index (χ0n) is 15.2. The molecule has 1 amide bonds. The molecule has 0 atom stereocenters. The third kappa shape index (κ3) is 5.39. The summed E-state index contributed by atoms with van der Waals surface area (Å²) in [5.41, 5.74) is 0.526. The first-order chi connectivity index (χ1) is 13.3. The van der Waals surface area contributed by atoms with Gasteiger partial charge < -0.3 is 10.2 Å². The molecule has 0 aromatic heterocycles. The van der Waals surface area contributed by atoms with Gasteiger partial charge >= 0.3 is 6.18 Å². The van der Waals surface area contributed by atoms with Gasteiger partial charge in [0.2, 0.25) is 5.91 Å². The highest BCUT2D eigenvalue weighted by Gasteiger charge is 2.31. The van der Waals surface area contributed by atoms with E-state index in [4.69, 9.17) is 11.6 Å². The molecular formula is C20H21ClF3N3O. The Morgan fingerprint density at radius 1 is 1.04 bits per heavy atom. The Hall–Kier alpha value is -2.25. The molecule has 4 nitrogen and oxygen atoms in total. The molecule has 0 spiro atoms. The Labute approximate surface area is 166 Å². The van der Waals surface area contributed by atoms with Crippen molar-refractivity contribution in [3.8, 4) is 0 Å². The maximum absolute atomic E-state index is 12.9. The number of amides is 1. The number of piperazine rings is 1. The first-order valence-corrected chi connectivity index (χ1v) is 9.40. The van der Waals surface area contributed by atoms with Crippen LogP contribution >= 0.6 is 11.6 Å². The molecule has 0 bridgehead atoms. The van der Waals surface area contributed by atoms with Gasteiger partial charge in [-0.1, -0.05) is 29.8 Å². The van der Waals surface area contributed by atoms with Gasteiger partial charge in [0.05, 0.1) is 16.3 Å². The van der Waals surface area contributed by atoms with Gasteiger partial charge in [-0.2, -0.15) is 13.2 Å². The molecule has 150 valence electrons. The van der Waals surface area contributed by atoms with Crippen molar-refractivity contribution in [2.75, 3.05) is 42.9 Å². The van der Waals surface area contributed by atoms with Gasteiger partial charge in [0.15, 0.2) is 0 Å². The van der Waals surface area contributed by atoms with Gasteiger partial charge in [-0.15, -0.1) is 0 Å². The second kappa shape index (κ2) is 8.84. The highest BCUT2D eigenvalue weighted by atomic mass is 35.5. The Balaban J connectivity index is 1.47. The van der Waals surface area contributed by atoms with E-state index in [2.05, 4.69) is 10.2 Å². The number of carbonyl (C=O) groups is 1. The lowest BCUT2D eigenvalue weighted by atomic mass is 10.1. The fourth-order valence-electron chi connectivity index (χ4n) is 3.14. The smallest absolute Gasteiger partial charge is 0.369 e. The molecule has 1 aliphatic heterocycles. The number of rotatable bonds is 5. The van der Waals surface area contributed by atoms with E-state index in [1.54, 1.807) is 30.3 Å². The van der Waals surface area contributed by atoms with E-state index in [9.17, 15) is 18.0 Å². The number of alkyl halides is 3. The number of benzene rings is 2. The molecule has 28 heavy (non-hydrogen) atoms. The van der Waals surface area contributed by atoms with Crippen molar-refractivity contribution in [2.45, 2.75) is 12.6 Å². The van der Waals surface area contributed by atoms with Crippen molar-refractivity contribution in [1.29, 1.82) is 0 Å². The van der Waals surface area contributed by atoms with Crippen LogP contribution in [0.4, 0.5) is 24.5 Å². The van der Waals surface area contributed by atoms with Gasteiger partial charge in [-0.05, 0) is 30.3 Å². The average molecular weight is 412 g/mol. The summed E-state index contributed by atoms with van der Waals surface area (Å²) >= 11 is 6.03. The van der Waals surface area contributed by atoms with Gasteiger partial charge in [0, 0.05) is 44.8 Å². The van der Waals surface area contributed by atoms with Gasteiger partial charge in [-0.3, -0.25) is 9.69 Å². The number of hydrogen-bond acceptors (Lipinski definition) is 3. The first-order valence-electron chi connectivity index (χ1n) is 9.02. The maximum atomic E-state index is 12.9. The Kier molecular flexibility index (Phi) is 6.46. The predicted octanol–water partition coefficient (Wildman–Crippen LogP) is 4.51. The summed E-state index contributed by atoms with van der Waals surface area (Å²) in [5, 5.41) is 3.28. The molecule has 1 heterocycles. The highest BCUT2D eigenvalue weighted by Crippen LogP contribution is 2.31. The number of nitrogens with one attached hydrogen (secondary N) is 1. The SMILES string of the molecule is O=C(CCN1CCN(c2cccc(C(F)(F)F)c2)CC1)Nc1ccccc1Cl. The summed E-state index contributed by atoms with van der Waals surface area (Å²) in [6, 6.07) is 12.4. The second-order valence-corrected chi connectivity index (χ2v) is 7.06. The van der Waals surface area contributed by atoms with Gasteiger partial charge in [0.1, 0.15) is 0 Å². The van der Waals surface area contributed by atoms with Crippen LogP contribution in [-0.2, 0) is 11.0 Å². The third-order valence-corrected chi connectivity index (χ3v) is 5.04. The summed E-state index contributed by atoms with van der Waals surface area (Å²) in [5.74, 6) is -0.117. The van der Waals surface area contributed by atoms with E-state index in [0.717, 1.165) is 6.07 Å². The third-order valence-electron chi connectivity index (χ3n) is 4.71. The fraction of sp³-hybridized carbons (Fsp3) is 0.350. The number of halogens is 4. The molecule has 0 unspecified atom stereocenters. The van der Waals surface area contributed by atoms with E-state index in [-0.39, 0.29) is 5.91 Å². The average Bonchev–Trinajstić information content (AvgIpc) is 2.68. The van der Waals surface area contributed by atoms with Crippen molar-refractivity contribution in [1.82, 2.24) is 4.90 Å². The van der Waals surface area contributed by atoms with Crippen LogP contribution in [0.25, 0.3) is 0 Å². The molecule has 1 N–H and O–H groups in total. The van der Waals surface area contributed by atoms with Crippen LogP contribution in [0.15, 0.2) is 48.5 Å². The van der Waals surface area contributed by atoms with Crippen LogP contribution in [0, 0.1) is 0 Å². The zero-order chi connectivity index (χ0) is 20.1. The van der Waals surface area contributed by atoms with Crippen LogP contribution in [0.5, 0.6) is 0 Å². The quantitative estimate of drug-likeness (QED) is 0.786. The molecule has 1 aliphatic rings. The predicted molar refractivity (Wildman–Crippen MR) is 105 cm³/mol. The van der Waals surface area contributed by atoms with Gasteiger partial charge in [0.25, 0.3) is 0 Å². The van der Waals surface area contributed by atoms with E-state index in [0.29, 0.717) is 55.5 Å². The Morgan fingerprint density at radius 3 is 2.43 bits per heavy atom. The van der Waals surface area contributed by atoms with Crippen LogP contribution in [0.3, 0.4) is 0 Å². The Morgan fingerprint density at radius 2 is 1.75 bits per heavy atom. The van der Waals surface area contributed by atoms with Crippen molar-refractivity contribution < 1.29 is 18.0 Å². The number of nitrogens with zero attached hydrogens (tertiary/aromatic N) is 2. The minimum Gasteiger partial charge on any atom is -0.369 e. The largest absolute Gasteiger partial charge is 0.416 e. The molecule has 8 heteroatoms. The van der Waals surface area contributed by atoms with E-state index in [1.807, 2.05) is 4.90 Å². The van der Waals surface area contributed by atoms with Crippen LogP contribution < -0.4 is 10.2 Å². The molecule has 2 aromatic carbocycles. The molecule has 0 aliphatic carbocycles. The van der Waals surface area contributed by atoms with Gasteiger partial charge in [-0.25, -0.2) is 0 Å². The Bertz CT molecular complexity index is 820. The lowest BCUT2D eigenvalue weighted by Crippen LogP contribution is -2.47. The summed E-state index contributed by atoms with van der Waals surface area (Å²) in [6.45, 7) is 3.21. The number of anilines is 2. The fourth-order valence-corrected chi connectivity index (χ4v) is 3.33. The summed E-state index contributed by atoms with van der Waals surface area (Å²) in [6.07, 6.45) is -4.01. The van der Waals surface area contributed by atoms with Crippen LogP contribution in [0.2, 0.25) is 5.02 Å². The lowest BCUT2D eigenvalue weighted by Gasteiger charge is -2.36. The topological polar surface area (TPSA) is 35.6 Å². The standard InChI is InChI=1S/C20H21ClF3N3O/c21-17-6-1-2-7-18(17)25-19(28)8-9-26-10-12-27(13-11-26)16-5-3-4-15(14-16)20(22,23)24/h1-7,14H,8-13H2,(H,25,28).